The zero-order valence-corrected chi connectivity index (χ0v) is 20.8. The van der Waals surface area contributed by atoms with Gasteiger partial charge in [-0.1, -0.05) is 54.6 Å². The van der Waals surface area contributed by atoms with Crippen LogP contribution < -0.4 is 10.2 Å². The van der Waals surface area contributed by atoms with Crippen molar-refractivity contribution in [3.8, 4) is 0 Å². The standard InChI is InChI=1S/C31H35N3/c1-5-32-25-17-13-23(14-18-25)31(24-15-19-26(20-16-24)34(7-3)8-4)29-21-22-30(33-6-2)28-12-10-9-11-27(28)29/h9-22,32H,5-8H2,1-4H3. The molecule has 174 valence electrons. The number of rotatable bonds is 8. The largest absolute Gasteiger partial charge is 0.385 e. The second-order valence-corrected chi connectivity index (χ2v) is 8.35. The number of aliphatic imine (C=N–C) groups is 1. The molecular formula is C31H35N3. The van der Waals surface area contributed by atoms with Gasteiger partial charge < -0.3 is 10.2 Å². The Morgan fingerprint density at radius 3 is 1.94 bits per heavy atom. The highest BCUT2D eigenvalue weighted by molar-refractivity contribution is 6.19. The quantitative estimate of drug-likeness (QED) is 0.391. The van der Waals surface area contributed by atoms with Crippen LogP contribution >= 0.6 is 0 Å². The average molecular weight is 450 g/mol. The summed E-state index contributed by atoms with van der Waals surface area (Å²) in [5, 5.41) is 3.41. The average Bonchev–Trinajstić information content (AvgIpc) is 2.88. The molecule has 1 N–H and O–H groups in total. The molecule has 0 fully saturated rings. The first-order valence-electron chi connectivity index (χ1n) is 12.5. The molecule has 3 aromatic rings. The number of allylic oxidation sites excluding steroid dienone is 3. The number of hydrogen-bond acceptors (Lipinski definition) is 3. The monoisotopic (exact) mass is 449 g/mol. The highest BCUT2D eigenvalue weighted by atomic mass is 15.1. The number of nitrogens with one attached hydrogen (secondary N) is 1. The predicted molar refractivity (Wildman–Crippen MR) is 149 cm³/mol. The maximum absolute atomic E-state index is 4.74. The molecule has 0 saturated carbocycles. The van der Waals surface area contributed by atoms with Gasteiger partial charge in [-0.05, 0) is 85.9 Å². The number of hydrogen-bond donors (Lipinski definition) is 1. The molecule has 0 heterocycles. The molecular weight excluding hydrogens is 414 g/mol. The Balaban J connectivity index is 1.91. The molecule has 0 bridgehead atoms. The lowest BCUT2D eigenvalue weighted by molar-refractivity contribution is 0.866. The number of fused-ring (bicyclic) bond motifs is 1. The fourth-order valence-corrected chi connectivity index (χ4v) is 4.67. The summed E-state index contributed by atoms with van der Waals surface area (Å²) < 4.78 is 0. The molecule has 34 heavy (non-hydrogen) atoms. The Bertz CT molecular complexity index is 1190. The van der Waals surface area contributed by atoms with Crippen molar-refractivity contribution in [3.63, 3.8) is 0 Å². The highest BCUT2D eigenvalue weighted by Gasteiger charge is 2.20. The smallest absolute Gasteiger partial charge is 0.0652 e. The third-order valence-corrected chi connectivity index (χ3v) is 6.34. The van der Waals surface area contributed by atoms with Crippen LogP contribution in [0.15, 0.2) is 89.9 Å². The molecule has 0 spiro atoms. The number of nitrogens with zero attached hydrogens (tertiary/aromatic N) is 2. The van der Waals surface area contributed by atoms with Gasteiger partial charge in [0, 0.05) is 43.1 Å². The maximum Gasteiger partial charge on any atom is 0.0652 e. The van der Waals surface area contributed by atoms with Crippen LogP contribution in [-0.2, 0) is 0 Å². The van der Waals surface area contributed by atoms with Crippen molar-refractivity contribution in [2.24, 2.45) is 4.99 Å². The molecule has 0 aliphatic heterocycles. The summed E-state index contributed by atoms with van der Waals surface area (Å²) in [5.41, 5.74) is 10.8. The Kier molecular flexibility index (Phi) is 7.64. The van der Waals surface area contributed by atoms with E-state index in [9.17, 15) is 0 Å². The Labute approximate surface area is 204 Å². The Hall–Kier alpha value is -3.59. The molecule has 0 aromatic heterocycles. The van der Waals surface area contributed by atoms with E-state index in [0.717, 1.165) is 37.6 Å². The molecule has 0 radical (unpaired) electrons. The van der Waals surface area contributed by atoms with Crippen LogP contribution in [0.25, 0.3) is 11.1 Å². The van der Waals surface area contributed by atoms with Crippen molar-refractivity contribution in [1.82, 2.24) is 0 Å². The Morgan fingerprint density at radius 2 is 1.35 bits per heavy atom. The topological polar surface area (TPSA) is 27.6 Å². The van der Waals surface area contributed by atoms with Crippen molar-refractivity contribution in [1.29, 1.82) is 0 Å². The minimum Gasteiger partial charge on any atom is -0.385 e. The van der Waals surface area contributed by atoms with Crippen molar-refractivity contribution in [2.75, 3.05) is 36.4 Å². The summed E-state index contributed by atoms with van der Waals surface area (Å²) in [6.07, 6.45) is 4.40. The van der Waals surface area contributed by atoms with Crippen LogP contribution in [0.5, 0.6) is 0 Å². The van der Waals surface area contributed by atoms with E-state index in [-0.39, 0.29) is 0 Å². The van der Waals surface area contributed by atoms with Gasteiger partial charge in [-0.3, -0.25) is 4.99 Å². The van der Waals surface area contributed by atoms with E-state index in [0.29, 0.717) is 0 Å². The van der Waals surface area contributed by atoms with Gasteiger partial charge in [-0.2, -0.15) is 0 Å². The van der Waals surface area contributed by atoms with Gasteiger partial charge in [-0.25, -0.2) is 0 Å². The third-order valence-electron chi connectivity index (χ3n) is 6.34. The van der Waals surface area contributed by atoms with Crippen molar-refractivity contribution in [2.45, 2.75) is 27.7 Å². The minimum atomic E-state index is 0.776. The molecule has 0 saturated heterocycles. The first-order valence-corrected chi connectivity index (χ1v) is 12.5. The fourth-order valence-electron chi connectivity index (χ4n) is 4.67. The van der Waals surface area contributed by atoms with Crippen LogP contribution in [0.2, 0.25) is 0 Å². The van der Waals surface area contributed by atoms with E-state index in [4.69, 9.17) is 4.99 Å². The summed E-state index contributed by atoms with van der Waals surface area (Å²) in [6.45, 7) is 12.3. The molecule has 0 unspecified atom stereocenters. The summed E-state index contributed by atoms with van der Waals surface area (Å²) >= 11 is 0. The first kappa shape index (κ1) is 23.6. The van der Waals surface area contributed by atoms with E-state index < -0.39 is 0 Å². The number of benzene rings is 3. The van der Waals surface area contributed by atoms with Crippen LogP contribution in [0.3, 0.4) is 0 Å². The van der Waals surface area contributed by atoms with E-state index in [1.165, 1.54) is 39.1 Å². The van der Waals surface area contributed by atoms with Crippen molar-refractivity contribution in [3.05, 3.63) is 107 Å². The van der Waals surface area contributed by atoms with E-state index in [1.807, 2.05) is 0 Å². The molecule has 3 heteroatoms. The minimum absolute atomic E-state index is 0.776. The number of anilines is 2. The Morgan fingerprint density at radius 1 is 0.735 bits per heavy atom. The molecule has 4 rings (SSSR count). The molecule has 3 nitrogen and oxygen atoms in total. The zero-order chi connectivity index (χ0) is 23.9. The molecule has 1 aliphatic carbocycles. The van der Waals surface area contributed by atoms with E-state index in [2.05, 4.69) is 123 Å². The summed E-state index contributed by atoms with van der Waals surface area (Å²) in [4.78, 5) is 7.12. The molecule has 1 aliphatic rings. The highest BCUT2D eigenvalue weighted by Crippen LogP contribution is 2.38. The lowest BCUT2D eigenvalue weighted by Crippen LogP contribution is -2.21. The van der Waals surface area contributed by atoms with Crippen LogP contribution in [0.1, 0.15) is 49.9 Å². The molecule has 3 aromatic carbocycles. The predicted octanol–water partition coefficient (Wildman–Crippen LogP) is 7.30. The van der Waals surface area contributed by atoms with Crippen LogP contribution in [-0.4, -0.2) is 31.9 Å². The normalized spacial score (nSPS) is 15.2. The lowest BCUT2D eigenvalue weighted by atomic mass is 9.83. The van der Waals surface area contributed by atoms with Gasteiger partial charge in [0.2, 0.25) is 0 Å². The van der Waals surface area contributed by atoms with Gasteiger partial charge in [0.05, 0.1) is 5.71 Å². The van der Waals surface area contributed by atoms with Gasteiger partial charge in [0.25, 0.3) is 0 Å². The van der Waals surface area contributed by atoms with Gasteiger partial charge in [0.1, 0.15) is 0 Å². The zero-order valence-electron chi connectivity index (χ0n) is 20.8. The molecule has 0 amide bonds. The third kappa shape index (κ3) is 4.84. The van der Waals surface area contributed by atoms with Crippen LogP contribution in [0, 0.1) is 0 Å². The van der Waals surface area contributed by atoms with E-state index >= 15 is 0 Å². The van der Waals surface area contributed by atoms with Crippen molar-refractivity contribution >= 4 is 28.2 Å². The second-order valence-electron chi connectivity index (χ2n) is 8.35. The summed E-state index contributed by atoms with van der Waals surface area (Å²) in [6, 6.07) is 26.5. The van der Waals surface area contributed by atoms with Gasteiger partial charge in [-0.15, -0.1) is 0 Å². The fraction of sp³-hybridized carbons (Fsp3) is 0.258. The summed E-state index contributed by atoms with van der Waals surface area (Å²) in [7, 11) is 0. The van der Waals surface area contributed by atoms with Gasteiger partial charge in [0.15, 0.2) is 0 Å². The maximum atomic E-state index is 4.74. The lowest BCUT2D eigenvalue weighted by Gasteiger charge is -2.23. The second kappa shape index (κ2) is 11.0. The molecule has 0 atom stereocenters. The van der Waals surface area contributed by atoms with Crippen LogP contribution in [0.4, 0.5) is 11.4 Å². The van der Waals surface area contributed by atoms with E-state index in [1.54, 1.807) is 0 Å². The SMILES string of the molecule is CCN=C1C=CC(=C(c2ccc(NCC)cc2)c2ccc(N(CC)CC)cc2)c2ccccc21. The van der Waals surface area contributed by atoms with Gasteiger partial charge >= 0.3 is 0 Å². The van der Waals surface area contributed by atoms with Crippen molar-refractivity contribution < 1.29 is 0 Å². The first-order chi connectivity index (χ1) is 16.7. The summed E-state index contributed by atoms with van der Waals surface area (Å²) in [5.74, 6) is 0.